The monoisotopic (exact) mass is 598 g/mol. The van der Waals surface area contributed by atoms with Gasteiger partial charge in [0.05, 0.1) is 18.8 Å². The van der Waals surface area contributed by atoms with Gasteiger partial charge in [-0.25, -0.2) is 13.6 Å². The maximum absolute atomic E-state index is 14.6. The third kappa shape index (κ3) is 10.3. The molecule has 0 aliphatic rings. The van der Waals surface area contributed by atoms with Gasteiger partial charge in [0.2, 0.25) is 11.6 Å². The van der Waals surface area contributed by atoms with Crippen LogP contribution in [0.5, 0.6) is 11.5 Å². The minimum Gasteiger partial charge on any atom is -0.489 e. The van der Waals surface area contributed by atoms with Gasteiger partial charge < -0.3 is 14.2 Å². The number of esters is 1. The van der Waals surface area contributed by atoms with Gasteiger partial charge in [-0.05, 0) is 54.8 Å². The second-order valence-electron chi connectivity index (χ2n) is 10.2. The van der Waals surface area contributed by atoms with Crippen LogP contribution in [0.3, 0.4) is 0 Å². The fourth-order valence-electron chi connectivity index (χ4n) is 4.18. The van der Waals surface area contributed by atoms with E-state index in [0.717, 1.165) is 56.9 Å². The number of unbranched alkanes of at least 4 members (excludes halogenated alkanes) is 7. The average Bonchev–Trinajstić information content (AvgIpc) is 3.03. The first-order valence-corrected chi connectivity index (χ1v) is 14.8. The van der Waals surface area contributed by atoms with Crippen LogP contribution in [-0.4, -0.2) is 19.2 Å². The molecule has 8 heteroatoms. The van der Waals surface area contributed by atoms with Crippen LogP contribution in [0.15, 0.2) is 48.5 Å². The Hall–Kier alpha value is -3.99. The number of ether oxygens (including phenoxy) is 3. The third-order valence-corrected chi connectivity index (χ3v) is 6.73. The highest BCUT2D eigenvalue weighted by Crippen LogP contribution is 2.30. The predicted octanol–water partition coefficient (Wildman–Crippen LogP) is 9.31. The van der Waals surface area contributed by atoms with Crippen molar-refractivity contribution in [1.82, 2.24) is 0 Å². The molecule has 4 nitrogen and oxygen atoms in total. The molecule has 0 bridgehead atoms. The van der Waals surface area contributed by atoms with E-state index in [2.05, 4.69) is 25.7 Å². The van der Waals surface area contributed by atoms with Gasteiger partial charge >= 0.3 is 5.97 Å². The zero-order chi connectivity index (χ0) is 31.0. The van der Waals surface area contributed by atoms with E-state index >= 15 is 0 Å². The van der Waals surface area contributed by atoms with Crippen LogP contribution in [0.2, 0.25) is 0 Å². The molecule has 0 N–H and O–H groups in total. The molecule has 0 heterocycles. The Bertz CT molecular complexity index is 1350. The molecular weight excluding hydrogens is 560 g/mol. The van der Waals surface area contributed by atoms with Crippen molar-refractivity contribution in [2.45, 2.75) is 78.2 Å². The highest BCUT2D eigenvalue weighted by Gasteiger charge is 2.26. The average molecular weight is 599 g/mol. The number of hydrogen-bond donors (Lipinski definition) is 0. The molecule has 0 saturated heterocycles. The molecular formula is C35H38F4O4. The summed E-state index contributed by atoms with van der Waals surface area (Å²) < 4.78 is 74.2. The lowest BCUT2D eigenvalue weighted by atomic mass is 10.1. The minimum absolute atomic E-state index is 0.0426. The lowest BCUT2D eigenvalue weighted by Crippen LogP contribution is -2.08. The zero-order valence-electron chi connectivity index (χ0n) is 24.7. The molecule has 3 aromatic carbocycles. The van der Waals surface area contributed by atoms with Gasteiger partial charge in [-0.2, -0.15) is 8.78 Å². The first-order chi connectivity index (χ1) is 20.8. The number of carbonyl (C=O) groups excluding carboxylic acids is 1. The zero-order valence-corrected chi connectivity index (χ0v) is 24.7. The Morgan fingerprint density at radius 3 is 1.88 bits per heavy atom. The molecule has 0 saturated carbocycles. The molecule has 0 aliphatic heterocycles. The highest BCUT2D eigenvalue weighted by atomic mass is 19.2. The van der Waals surface area contributed by atoms with Crippen molar-refractivity contribution in [1.29, 1.82) is 0 Å². The second-order valence-corrected chi connectivity index (χ2v) is 10.2. The van der Waals surface area contributed by atoms with Gasteiger partial charge in [0, 0.05) is 5.56 Å². The molecule has 3 aromatic rings. The van der Waals surface area contributed by atoms with E-state index < -0.39 is 34.6 Å². The smallest absolute Gasteiger partial charge is 0.338 e. The number of hydrogen-bond acceptors (Lipinski definition) is 4. The van der Waals surface area contributed by atoms with E-state index in [0.29, 0.717) is 29.9 Å². The lowest BCUT2D eigenvalue weighted by Gasteiger charge is -2.11. The minimum atomic E-state index is -1.60. The fraction of sp³-hybridized carbons (Fsp3) is 0.400. The van der Waals surface area contributed by atoms with Crippen molar-refractivity contribution in [3.63, 3.8) is 0 Å². The Balaban J connectivity index is 1.55. The SMILES string of the molecule is CCCCCCCCOc1c(F)c(F)c(C#Cc2ccc(COc3ccc(C(=O)OCCCCC)cc3)cc2)c(F)c1F. The molecule has 3 rings (SSSR count). The summed E-state index contributed by atoms with van der Waals surface area (Å²) in [5, 5.41) is 0. The van der Waals surface area contributed by atoms with Gasteiger partial charge in [0.1, 0.15) is 17.9 Å². The van der Waals surface area contributed by atoms with E-state index in [1.807, 2.05) is 0 Å². The first-order valence-electron chi connectivity index (χ1n) is 14.8. The van der Waals surface area contributed by atoms with Crippen LogP contribution in [0.1, 0.15) is 98.7 Å². The Kier molecular flexibility index (Phi) is 13.9. The van der Waals surface area contributed by atoms with Crippen molar-refractivity contribution >= 4 is 5.97 Å². The molecule has 0 spiro atoms. The summed E-state index contributed by atoms with van der Waals surface area (Å²) in [5.74, 6) is -2.51. The first kappa shape index (κ1) is 33.5. The summed E-state index contributed by atoms with van der Waals surface area (Å²) in [5.41, 5.74) is 0.609. The molecule has 0 radical (unpaired) electrons. The molecule has 230 valence electrons. The fourth-order valence-corrected chi connectivity index (χ4v) is 4.18. The van der Waals surface area contributed by atoms with Crippen molar-refractivity contribution < 1.29 is 36.6 Å². The van der Waals surface area contributed by atoms with Gasteiger partial charge in [0.15, 0.2) is 17.4 Å². The summed E-state index contributed by atoms with van der Waals surface area (Å²) in [6.07, 6.45) is 8.43. The van der Waals surface area contributed by atoms with Crippen LogP contribution in [0, 0.1) is 35.1 Å². The molecule has 0 fully saturated rings. The Labute approximate surface area is 251 Å². The summed E-state index contributed by atoms with van der Waals surface area (Å²) in [6.45, 7) is 4.74. The molecule has 0 aliphatic carbocycles. The third-order valence-electron chi connectivity index (χ3n) is 6.73. The van der Waals surface area contributed by atoms with E-state index in [1.54, 1.807) is 48.5 Å². The second kappa shape index (κ2) is 17.8. The van der Waals surface area contributed by atoms with Crippen molar-refractivity contribution in [3.8, 4) is 23.3 Å². The summed E-state index contributed by atoms with van der Waals surface area (Å²) in [4.78, 5) is 12.1. The Morgan fingerprint density at radius 1 is 0.651 bits per heavy atom. The molecule has 43 heavy (non-hydrogen) atoms. The summed E-state index contributed by atoms with van der Waals surface area (Å²) in [6, 6.07) is 13.2. The maximum atomic E-state index is 14.6. The van der Waals surface area contributed by atoms with Crippen LogP contribution in [0.25, 0.3) is 0 Å². The molecule has 0 unspecified atom stereocenters. The summed E-state index contributed by atoms with van der Waals surface area (Å²) in [7, 11) is 0. The van der Waals surface area contributed by atoms with Crippen LogP contribution >= 0.6 is 0 Å². The van der Waals surface area contributed by atoms with Crippen LogP contribution in [-0.2, 0) is 11.3 Å². The standard InChI is InChI=1S/C35H38F4O4/c1-3-5-7-8-9-11-22-41-34-32(38)30(36)29(31(37)33(34)39)21-16-25-12-14-26(15-13-25)24-43-28-19-17-27(18-20-28)35(40)42-23-10-6-4-2/h12-15,17-20H,3-11,22-24H2,1-2H3. The number of carbonyl (C=O) groups is 1. The predicted molar refractivity (Wildman–Crippen MR) is 158 cm³/mol. The number of halogens is 4. The van der Waals surface area contributed by atoms with Crippen molar-refractivity contribution in [2.24, 2.45) is 0 Å². The van der Waals surface area contributed by atoms with E-state index in [-0.39, 0.29) is 19.2 Å². The van der Waals surface area contributed by atoms with E-state index in [4.69, 9.17) is 14.2 Å². The highest BCUT2D eigenvalue weighted by molar-refractivity contribution is 5.89. The topological polar surface area (TPSA) is 44.8 Å². The lowest BCUT2D eigenvalue weighted by molar-refractivity contribution is 0.0498. The van der Waals surface area contributed by atoms with Crippen molar-refractivity contribution in [3.05, 3.63) is 94.1 Å². The van der Waals surface area contributed by atoms with Gasteiger partial charge in [0.25, 0.3) is 0 Å². The normalized spacial score (nSPS) is 10.7. The number of rotatable bonds is 16. The van der Waals surface area contributed by atoms with Gasteiger partial charge in [-0.15, -0.1) is 0 Å². The number of benzene rings is 3. The van der Waals surface area contributed by atoms with Gasteiger partial charge in [-0.1, -0.05) is 82.8 Å². The Morgan fingerprint density at radius 2 is 1.23 bits per heavy atom. The van der Waals surface area contributed by atoms with E-state index in [1.165, 1.54) is 0 Å². The largest absolute Gasteiger partial charge is 0.489 e. The quantitative estimate of drug-likeness (QED) is 0.0542. The molecule has 0 aromatic heterocycles. The van der Waals surface area contributed by atoms with Crippen LogP contribution < -0.4 is 9.47 Å². The summed E-state index contributed by atoms with van der Waals surface area (Å²) >= 11 is 0. The van der Waals surface area contributed by atoms with Crippen LogP contribution in [0.4, 0.5) is 17.6 Å². The maximum Gasteiger partial charge on any atom is 0.338 e. The van der Waals surface area contributed by atoms with Crippen molar-refractivity contribution in [2.75, 3.05) is 13.2 Å². The van der Waals surface area contributed by atoms with E-state index in [9.17, 15) is 22.4 Å². The molecule has 0 atom stereocenters. The molecule has 0 amide bonds. The van der Waals surface area contributed by atoms with Gasteiger partial charge in [-0.3, -0.25) is 0 Å².